The first-order valence-corrected chi connectivity index (χ1v) is 15.6. The molecule has 0 amide bonds. The molecule has 0 radical (unpaired) electrons. The van der Waals surface area contributed by atoms with Crippen molar-refractivity contribution in [3.63, 3.8) is 0 Å². The number of carbonyl (C=O) groups is 1. The summed E-state index contributed by atoms with van der Waals surface area (Å²) < 4.78 is 0. The summed E-state index contributed by atoms with van der Waals surface area (Å²) in [5.74, 6) is 4.71. The van der Waals surface area contributed by atoms with E-state index in [4.69, 9.17) is 0 Å². The Morgan fingerprint density at radius 1 is 1.06 bits per heavy atom. The molecule has 3 fully saturated rings. The minimum absolute atomic E-state index is 0.160. The first-order valence-electron chi connectivity index (χ1n) is 15.6. The van der Waals surface area contributed by atoms with E-state index < -0.39 is 0 Å². The second-order valence-corrected chi connectivity index (χ2v) is 15.7. The number of allylic oxidation sites excluding steroid dienone is 4. The predicted octanol–water partition coefficient (Wildman–Crippen LogP) is 10.1. The van der Waals surface area contributed by atoms with Gasteiger partial charge in [0.2, 0.25) is 0 Å². The van der Waals surface area contributed by atoms with Crippen LogP contribution in [0.25, 0.3) is 0 Å². The third-order valence-electron chi connectivity index (χ3n) is 13.4. The van der Waals surface area contributed by atoms with Gasteiger partial charge in [0.1, 0.15) is 0 Å². The first kappa shape index (κ1) is 28.2. The highest BCUT2D eigenvalue weighted by molar-refractivity contribution is 5.94. The minimum Gasteiger partial charge on any atom is -0.295 e. The third kappa shape index (κ3) is 4.04. The Morgan fingerprint density at radius 3 is 2.33 bits per heavy atom. The van der Waals surface area contributed by atoms with Crippen molar-refractivity contribution < 1.29 is 4.79 Å². The molecule has 0 aliphatic heterocycles. The molecule has 9 atom stereocenters. The zero-order chi connectivity index (χ0) is 26.8. The van der Waals surface area contributed by atoms with E-state index in [2.05, 4.69) is 88.3 Å². The standard InChI is InChI=1S/C35H58O/c1-12-13-26(22(2)3)19-25(6)32(7,8)31-15-17-34(10)28-20-30(36)29-18-23(4)24(5)21-33(29,9)27(28)14-16-35(31,34)11/h13,20,22-25,27,29,31H,12,14-19,21H2,1-11H3/b26-13-/t23-,24+,25-,27?,29+,31-,33-,34+,35-/m1/s1. The summed E-state index contributed by atoms with van der Waals surface area (Å²) in [4.78, 5) is 13.7. The van der Waals surface area contributed by atoms with E-state index in [0.29, 0.717) is 35.4 Å². The molecule has 4 aliphatic rings. The van der Waals surface area contributed by atoms with Gasteiger partial charge in [0, 0.05) is 5.92 Å². The molecule has 1 nitrogen and oxygen atoms in total. The largest absolute Gasteiger partial charge is 0.295 e. The molecule has 0 aromatic rings. The van der Waals surface area contributed by atoms with Gasteiger partial charge in [-0.2, -0.15) is 0 Å². The van der Waals surface area contributed by atoms with Crippen molar-refractivity contribution in [1.29, 1.82) is 0 Å². The molecule has 3 saturated carbocycles. The SMILES string of the molecule is CC/C=C(/C[C@@H](C)C(C)(C)[C@H]1CC[C@@]2(C)C3=CC(=O)[C@@H]4C[C@@H](C)[C@@H](C)C[C@]4(C)C3CC[C@]12C)C(C)C. The Morgan fingerprint density at radius 2 is 1.72 bits per heavy atom. The van der Waals surface area contributed by atoms with E-state index in [0.717, 1.165) is 18.8 Å². The minimum atomic E-state index is 0.160. The van der Waals surface area contributed by atoms with Gasteiger partial charge < -0.3 is 0 Å². The zero-order valence-corrected chi connectivity index (χ0v) is 25.8. The number of hydrogen-bond donors (Lipinski definition) is 0. The molecule has 0 bridgehead atoms. The van der Waals surface area contributed by atoms with Crippen molar-refractivity contribution in [2.45, 2.75) is 128 Å². The number of rotatable bonds is 6. The van der Waals surface area contributed by atoms with Gasteiger partial charge in [-0.1, -0.05) is 93.4 Å². The second kappa shape index (κ2) is 9.41. The van der Waals surface area contributed by atoms with Crippen molar-refractivity contribution in [3.05, 3.63) is 23.3 Å². The van der Waals surface area contributed by atoms with E-state index in [1.54, 1.807) is 11.1 Å². The number of hydrogen-bond acceptors (Lipinski definition) is 1. The molecule has 0 N–H and O–H groups in total. The van der Waals surface area contributed by atoms with Crippen LogP contribution in [-0.4, -0.2) is 5.78 Å². The van der Waals surface area contributed by atoms with Gasteiger partial charge in [0.25, 0.3) is 0 Å². The number of ketones is 1. The molecular formula is C35H58O. The van der Waals surface area contributed by atoms with Crippen LogP contribution in [-0.2, 0) is 4.79 Å². The number of carbonyl (C=O) groups excluding carboxylic acids is 1. The Bertz CT molecular complexity index is 919. The molecule has 0 saturated heterocycles. The molecule has 1 heteroatoms. The third-order valence-corrected chi connectivity index (χ3v) is 13.4. The molecule has 0 spiro atoms. The van der Waals surface area contributed by atoms with Crippen molar-refractivity contribution in [1.82, 2.24) is 0 Å². The average Bonchev–Trinajstić information content (AvgIpc) is 3.07. The van der Waals surface area contributed by atoms with Crippen LogP contribution in [0.2, 0.25) is 0 Å². The van der Waals surface area contributed by atoms with Gasteiger partial charge in [-0.3, -0.25) is 4.79 Å². The molecule has 36 heavy (non-hydrogen) atoms. The quantitative estimate of drug-likeness (QED) is 0.336. The van der Waals surface area contributed by atoms with Gasteiger partial charge in [0.05, 0.1) is 0 Å². The van der Waals surface area contributed by atoms with Crippen molar-refractivity contribution in [2.24, 2.45) is 63.1 Å². The number of fused-ring (bicyclic) bond motifs is 5. The van der Waals surface area contributed by atoms with Gasteiger partial charge in [0.15, 0.2) is 5.78 Å². The monoisotopic (exact) mass is 494 g/mol. The van der Waals surface area contributed by atoms with E-state index >= 15 is 0 Å². The van der Waals surface area contributed by atoms with E-state index in [1.165, 1.54) is 38.5 Å². The van der Waals surface area contributed by atoms with E-state index in [-0.39, 0.29) is 27.6 Å². The topological polar surface area (TPSA) is 17.1 Å². The molecule has 0 heterocycles. The summed E-state index contributed by atoms with van der Waals surface area (Å²) >= 11 is 0. The first-order chi connectivity index (χ1) is 16.6. The van der Waals surface area contributed by atoms with E-state index in [9.17, 15) is 4.79 Å². The van der Waals surface area contributed by atoms with Crippen LogP contribution >= 0.6 is 0 Å². The maximum Gasteiger partial charge on any atom is 0.159 e. The second-order valence-electron chi connectivity index (χ2n) is 15.7. The Kier molecular flexibility index (Phi) is 7.36. The fourth-order valence-corrected chi connectivity index (χ4v) is 10.2. The lowest BCUT2D eigenvalue weighted by atomic mass is 9.41. The normalized spacial score (nSPS) is 44.1. The predicted molar refractivity (Wildman–Crippen MR) is 155 cm³/mol. The fourth-order valence-electron chi connectivity index (χ4n) is 10.2. The summed E-state index contributed by atoms with van der Waals surface area (Å²) in [6.07, 6.45) is 14.6. The van der Waals surface area contributed by atoms with Crippen LogP contribution in [0.4, 0.5) is 0 Å². The lowest BCUT2D eigenvalue weighted by Gasteiger charge is -2.62. The van der Waals surface area contributed by atoms with Crippen LogP contribution in [0.15, 0.2) is 23.3 Å². The lowest BCUT2D eigenvalue weighted by molar-refractivity contribution is -0.134. The van der Waals surface area contributed by atoms with Crippen molar-refractivity contribution in [3.8, 4) is 0 Å². The lowest BCUT2D eigenvalue weighted by Crippen LogP contribution is -2.56. The van der Waals surface area contributed by atoms with Crippen LogP contribution in [0, 0.1) is 63.1 Å². The summed E-state index contributed by atoms with van der Waals surface area (Å²) in [5, 5.41) is 0. The maximum absolute atomic E-state index is 13.7. The summed E-state index contributed by atoms with van der Waals surface area (Å²) in [6.45, 7) is 27.2. The fraction of sp³-hybridized carbons (Fsp3) is 0.857. The molecule has 0 aromatic heterocycles. The zero-order valence-electron chi connectivity index (χ0n) is 25.8. The molecule has 1 unspecified atom stereocenters. The van der Waals surface area contributed by atoms with Gasteiger partial charge >= 0.3 is 0 Å². The highest BCUT2D eigenvalue weighted by Gasteiger charge is 2.66. The summed E-state index contributed by atoms with van der Waals surface area (Å²) in [5.41, 5.74) is 4.09. The average molecular weight is 495 g/mol. The summed E-state index contributed by atoms with van der Waals surface area (Å²) in [6, 6.07) is 0. The van der Waals surface area contributed by atoms with Crippen molar-refractivity contribution in [2.75, 3.05) is 0 Å². The molecule has 0 aromatic carbocycles. The highest BCUT2D eigenvalue weighted by Crippen LogP contribution is 2.74. The van der Waals surface area contributed by atoms with Gasteiger partial charge in [-0.05, 0) is 115 Å². The summed E-state index contributed by atoms with van der Waals surface area (Å²) in [7, 11) is 0. The Labute approximate surface area is 224 Å². The van der Waals surface area contributed by atoms with Gasteiger partial charge in [-0.15, -0.1) is 0 Å². The van der Waals surface area contributed by atoms with E-state index in [1.807, 2.05) is 0 Å². The van der Waals surface area contributed by atoms with Crippen LogP contribution in [0.5, 0.6) is 0 Å². The molecule has 4 rings (SSSR count). The van der Waals surface area contributed by atoms with Crippen LogP contribution in [0.1, 0.15) is 128 Å². The highest BCUT2D eigenvalue weighted by atomic mass is 16.1. The van der Waals surface area contributed by atoms with Crippen molar-refractivity contribution >= 4 is 5.78 Å². The smallest absolute Gasteiger partial charge is 0.159 e. The van der Waals surface area contributed by atoms with Crippen LogP contribution < -0.4 is 0 Å². The Hall–Kier alpha value is -0.850. The maximum atomic E-state index is 13.7. The van der Waals surface area contributed by atoms with Crippen LogP contribution in [0.3, 0.4) is 0 Å². The Balaban J connectivity index is 1.67. The molecule has 4 aliphatic carbocycles. The molecular weight excluding hydrogens is 436 g/mol. The van der Waals surface area contributed by atoms with Gasteiger partial charge in [-0.25, -0.2) is 0 Å². The molecule has 204 valence electrons.